The zero-order valence-corrected chi connectivity index (χ0v) is 26.3. The van der Waals surface area contributed by atoms with E-state index < -0.39 is 7.60 Å². The Kier molecular flexibility index (Phi) is 24.3. The first-order valence-electron chi connectivity index (χ1n) is 15.8. The normalized spacial score (nSPS) is 14.7. The lowest BCUT2D eigenvalue weighted by molar-refractivity contribution is -0.883. The fraction of sp³-hybridized carbons (Fsp3) is 0.875. The molecule has 5 heteroatoms. The summed E-state index contributed by atoms with van der Waals surface area (Å²) in [5, 5.41) is 0. The average Bonchev–Trinajstić information content (AvgIpc) is 2.84. The highest BCUT2D eigenvalue weighted by atomic mass is 31.2. The van der Waals surface area contributed by atoms with Gasteiger partial charge in [0.2, 0.25) is 0 Å². The summed E-state index contributed by atoms with van der Waals surface area (Å²) in [6.45, 7) is 6.24. The van der Waals surface area contributed by atoms with Crippen molar-refractivity contribution in [3.63, 3.8) is 0 Å². The van der Waals surface area contributed by atoms with Crippen LogP contribution in [-0.4, -0.2) is 42.9 Å². The van der Waals surface area contributed by atoms with Crippen LogP contribution in [0.3, 0.4) is 0 Å². The number of allylic oxidation sites excluding steroid dienone is 3. The third kappa shape index (κ3) is 23.2. The zero-order valence-electron chi connectivity index (χ0n) is 25.4. The van der Waals surface area contributed by atoms with Crippen molar-refractivity contribution in [2.75, 3.05) is 27.7 Å². The van der Waals surface area contributed by atoms with Crippen molar-refractivity contribution in [2.45, 2.75) is 154 Å². The van der Waals surface area contributed by atoms with Gasteiger partial charge in [-0.1, -0.05) is 109 Å². The van der Waals surface area contributed by atoms with E-state index in [9.17, 15) is 9.46 Å². The van der Waals surface area contributed by atoms with Crippen molar-refractivity contribution in [3.8, 4) is 0 Å². The number of nitrogens with zero attached hydrogens (tertiary/aromatic N) is 1. The van der Waals surface area contributed by atoms with Crippen LogP contribution in [0.4, 0.5) is 0 Å². The lowest BCUT2D eigenvalue weighted by Crippen LogP contribution is -2.45. The summed E-state index contributed by atoms with van der Waals surface area (Å²) >= 11 is 0. The molecule has 0 aliphatic carbocycles. The first-order chi connectivity index (χ1) is 17.8. The van der Waals surface area contributed by atoms with Crippen molar-refractivity contribution in [2.24, 2.45) is 0 Å². The molecular formula is C32H65NO3P+. The summed E-state index contributed by atoms with van der Waals surface area (Å²) in [6.07, 6.45) is 34.3. The van der Waals surface area contributed by atoms with Crippen LogP contribution in [0.25, 0.3) is 0 Å². The topological polar surface area (TPSA) is 46.5 Å². The van der Waals surface area contributed by atoms with Crippen LogP contribution in [-0.2, 0) is 9.09 Å². The molecule has 0 rings (SSSR count). The van der Waals surface area contributed by atoms with Gasteiger partial charge in [0.1, 0.15) is 0 Å². The lowest BCUT2D eigenvalue weighted by Gasteiger charge is -2.35. The molecule has 2 unspecified atom stereocenters. The molecule has 0 heterocycles. The van der Waals surface area contributed by atoms with Crippen LogP contribution in [0.15, 0.2) is 24.8 Å². The predicted octanol–water partition coefficient (Wildman–Crippen LogP) is 10.6. The highest BCUT2D eigenvalue weighted by Crippen LogP contribution is 2.51. The van der Waals surface area contributed by atoms with E-state index in [2.05, 4.69) is 25.7 Å². The van der Waals surface area contributed by atoms with Crippen LogP contribution in [0.2, 0.25) is 0 Å². The van der Waals surface area contributed by atoms with E-state index in [1.807, 2.05) is 27.2 Å². The smallest absolute Gasteiger partial charge is 0.320 e. The molecule has 0 aromatic heterocycles. The van der Waals surface area contributed by atoms with Gasteiger partial charge >= 0.3 is 7.60 Å². The molecule has 0 aliphatic rings. The molecule has 4 nitrogen and oxygen atoms in total. The molecule has 0 aromatic rings. The summed E-state index contributed by atoms with van der Waals surface area (Å²) < 4.78 is 18.7. The van der Waals surface area contributed by atoms with Crippen molar-refractivity contribution in [1.29, 1.82) is 0 Å². The van der Waals surface area contributed by atoms with Crippen molar-refractivity contribution >= 4 is 7.60 Å². The molecule has 0 aromatic carbocycles. The van der Waals surface area contributed by atoms with Gasteiger partial charge in [-0.05, 0) is 51.4 Å². The minimum Gasteiger partial charge on any atom is -0.320 e. The van der Waals surface area contributed by atoms with Crippen LogP contribution < -0.4 is 0 Å². The largest absolute Gasteiger partial charge is 0.385 e. The van der Waals surface area contributed by atoms with Gasteiger partial charge < -0.3 is 13.9 Å². The quantitative estimate of drug-likeness (QED) is 0.0463. The molecule has 0 fully saturated rings. The summed E-state index contributed by atoms with van der Waals surface area (Å²) in [5.74, 6) is -0.338. The highest BCUT2D eigenvalue weighted by molar-refractivity contribution is 7.53. The Morgan fingerprint density at radius 1 is 0.703 bits per heavy atom. The van der Waals surface area contributed by atoms with Gasteiger partial charge in [0, 0.05) is 6.42 Å². The van der Waals surface area contributed by atoms with E-state index in [-0.39, 0.29) is 5.78 Å². The van der Waals surface area contributed by atoms with E-state index in [0.717, 1.165) is 19.3 Å². The van der Waals surface area contributed by atoms with Crippen molar-refractivity contribution in [1.82, 2.24) is 0 Å². The molecule has 0 aliphatic heterocycles. The maximum absolute atomic E-state index is 12.7. The molecule has 1 N–H and O–H groups in total. The predicted molar refractivity (Wildman–Crippen MR) is 164 cm³/mol. The number of unbranched alkanes of at least 4 members (excludes halogenated alkanes) is 18. The maximum atomic E-state index is 12.7. The summed E-state index contributed by atoms with van der Waals surface area (Å²) in [4.78, 5) is 10.4. The van der Waals surface area contributed by atoms with Crippen molar-refractivity contribution < 1.29 is 18.5 Å². The van der Waals surface area contributed by atoms with E-state index in [1.165, 1.54) is 116 Å². The third-order valence-corrected chi connectivity index (χ3v) is 9.56. The third-order valence-electron chi connectivity index (χ3n) is 7.30. The minimum absolute atomic E-state index is 0.338. The van der Waals surface area contributed by atoms with Crippen LogP contribution >= 0.6 is 7.60 Å². The Morgan fingerprint density at radius 2 is 1.08 bits per heavy atom. The van der Waals surface area contributed by atoms with Gasteiger partial charge in [-0.2, -0.15) is 0 Å². The van der Waals surface area contributed by atoms with E-state index in [0.29, 0.717) is 17.5 Å². The van der Waals surface area contributed by atoms with Crippen LogP contribution in [0, 0.1) is 0 Å². The molecule has 0 bridgehead atoms. The fourth-order valence-corrected chi connectivity index (χ4v) is 7.00. The molecule has 0 radical (unpaired) electrons. The Bertz CT molecular complexity index is 585. The Balaban J connectivity index is 3.44. The molecule has 0 amide bonds. The average molecular weight is 543 g/mol. The van der Waals surface area contributed by atoms with E-state index in [1.54, 1.807) is 0 Å². The number of rotatable bonds is 28. The Labute approximate surface area is 232 Å². The second kappa shape index (κ2) is 24.6. The summed E-state index contributed by atoms with van der Waals surface area (Å²) in [5.41, 5.74) is 0. The number of quaternary nitrogens is 1. The molecule has 37 heavy (non-hydrogen) atoms. The second-order valence-corrected chi connectivity index (χ2v) is 13.9. The highest BCUT2D eigenvalue weighted by Gasteiger charge is 2.41. The second-order valence-electron chi connectivity index (χ2n) is 11.9. The number of hydrogen-bond acceptors (Lipinski definition) is 2. The van der Waals surface area contributed by atoms with Gasteiger partial charge in [-0.15, -0.1) is 6.58 Å². The number of hydrogen-bond donors (Lipinski definition) is 1. The maximum Gasteiger partial charge on any atom is 0.385 e. The van der Waals surface area contributed by atoms with Gasteiger partial charge in [0.15, 0.2) is 5.78 Å². The minimum atomic E-state index is -3.57. The summed E-state index contributed by atoms with van der Waals surface area (Å²) in [7, 11) is 2.35. The van der Waals surface area contributed by atoms with Crippen molar-refractivity contribution in [3.05, 3.63) is 24.8 Å². The molecule has 0 spiro atoms. The monoisotopic (exact) mass is 542 g/mol. The lowest BCUT2D eigenvalue weighted by atomic mass is 10.1. The first-order valence-corrected chi connectivity index (χ1v) is 17.4. The molecule has 0 saturated heterocycles. The molecular weight excluding hydrogens is 477 g/mol. The first kappa shape index (κ1) is 36.6. The summed E-state index contributed by atoms with van der Waals surface area (Å²) in [6, 6.07) is 0. The van der Waals surface area contributed by atoms with Gasteiger partial charge in [-0.3, -0.25) is 4.57 Å². The zero-order chi connectivity index (χ0) is 27.7. The van der Waals surface area contributed by atoms with E-state index in [4.69, 9.17) is 4.52 Å². The van der Waals surface area contributed by atoms with Gasteiger partial charge in [-0.25, -0.2) is 0 Å². The van der Waals surface area contributed by atoms with Gasteiger partial charge in [0.25, 0.3) is 0 Å². The Hall–Kier alpha value is -0.410. The van der Waals surface area contributed by atoms with Crippen LogP contribution in [0.1, 0.15) is 148 Å². The van der Waals surface area contributed by atoms with Gasteiger partial charge in [0.05, 0.1) is 27.7 Å². The Morgan fingerprint density at radius 3 is 1.46 bits per heavy atom. The van der Waals surface area contributed by atoms with E-state index >= 15 is 0 Å². The van der Waals surface area contributed by atoms with Crippen LogP contribution in [0.5, 0.6) is 0 Å². The molecule has 220 valence electrons. The molecule has 0 saturated carbocycles. The SMILES string of the molecule is C=CCCCCCCCCCCC/C=C\CCCCCCCCCCOP(=O)(O)C(CCC)[N+](C)(C)C. The molecule has 2 atom stereocenters. The fourth-order valence-electron chi connectivity index (χ4n) is 4.98. The standard InChI is InChI=1S/C32H64NO3P/c1-6-8-9-10-11-12-13-14-15-16-17-18-19-20-21-22-23-24-25-26-27-28-29-31-36-37(34,35)32(30-7-2)33(3,4)5/h6,19-20,32H,1,7-18,21-31H2,2-5H3/p+1/b20-19-.